The van der Waals surface area contributed by atoms with Crippen molar-refractivity contribution in [3.05, 3.63) is 70.6 Å². The summed E-state index contributed by atoms with van der Waals surface area (Å²) >= 11 is 12.0. The van der Waals surface area contributed by atoms with Gasteiger partial charge in [0.15, 0.2) is 12.2 Å². The highest BCUT2D eigenvalue weighted by Crippen LogP contribution is 2.31. The summed E-state index contributed by atoms with van der Waals surface area (Å²) in [5, 5.41) is 12.4. The van der Waals surface area contributed by atoms with Crippen molar-refractivity contribution >= 4 is 57.4 Å². The number of fused-ring (bicyclic) bond motifs is 1. The number of benzene rings is 2. The van der Waals surface area contributed by atoms with Gasteiger partial charge in [0.1, 0.15) is 16.3 Å². The molecule has 0 saturated carbocycles. The third-order valence-corrected chi connectivity index (χ3v) is 5.41. The van der Waals surface area contributed by atoms with Crippen molar-refractivity contribution in [2.45, 2.75) is 6.42 Å². The van der Waals surface area contributed by atoms with Gasteiger partial charge < -0.3 is 19.6 Å². The predicted octanol–water partition coefficient (Wildman–Crippen LogP) is 5.20. The molecule has 0 saturated heterocycles. The van der Waals surface area contributed by atoms with Gasteiger partial charge in [0, 0.05) is 11.3 Å². The zero-order valence-electron chi connectivity index (χ0n) is 16.0. The summed E-state index contributed by atoms with van der Waals surface area (Å²) in [5.41, 5.74) is 2.34. The molecular weight excluding hydrogens is 443 g/mol. The van der Waals surface area contributed by atoms with E-state index in [1.165, 1.54) is 0 Å². The largest absolute Gasteiger partial charge is 0.482 e. The topological polar surface area (TPSA) is 102 Å². The molecule has 1 aliphatic carbocycles. The Hall–Kier alpha value is -3.29. The molecule has 2 N–H and O–H groups in total. The average Bonchev–Trinajstić information content (AvgIpc) is 3.18. The van der Waals surface area contributed by atoms with Crippen LogP contribution in [-0.2, 0) is 9.59 Å². The van der Waals surface area contributed by atoms with Crippen molar-refractivity contribution in [1.29, 1.82) is 0 Å². The van der Waals surface area contributed by atoms with E-state index >= 15 is 0 Å². The molecule has 1 unspecified atom stereocenters. The van der Waals surface area contributed by atoms with Crippen LogP contribution in [0.2, 0.25) is 10.0 Å². The van der Waals surface area contributed by atoms with Crippen LogP contribution < -0.4 is 10.1 Å². The summed E-state index contributed by atoms with van der Waals surface area (Å²) in [5.74, 6) is -1.08. The molecule has 0 aliphatic heterocycles. The number of amides is 1. The molecule has 7 nitrogen and oxygen atoms in total. The highest BCUT2D eigenvalue weighted by molar-refractivity contribution is 6.42. The minimum absolute atomic E-state index is 0.245. The number of allylic oxidation sites excluding steroid dienone is 3. The van der Waals surface area contributed by atoms with Crippen LogP contribution in [0.4, 0.5) is 5.69 Å². The molecule has 158 valence electrons. The zero-order chi connectivity index (χ0) is 22.0. The van der Waals surface area contributed by atoms with Crippen LogP contribution in [0.15, 0.2) is 59.0 Å². The number of oxazole rings is 1. The number of carbonyl (C=O) groups excluding carboxylic acids is 1. The number of carboxylic acids is 1. The second kappa shape index (κ2) is 8.83. The Kier molecular flexibility index (Phi) is 5.97. The number of anilines is 1. The van der Waals surface area contributed by atoms with E-state index in [0.29, 0.717) is 45.4 Å². The van der Waals surface area contributed by atoms with Crippen LogP contribution in [-0.4, -0.2) is 28.6 Å². The summed E-state index contributed by atoms with van der Waals surface area (Å²) in [7, 11) is 0. The van der Waals surface area contributed by atoms with Gasteiger partial charge in [0.2, 0.25) is 5.89 Å². The van der Waals surface area contributed by atoms with E-state index in [0.717, 1.165) is 0 Å². The number of aliphatic carboxylic acids is 1. The molecule has 31 heavy (non-hydrogen) atoms. The highest BCUT2D eigenvalue weighted by atomic mass is 35.5. The Morgan fingerprint density at radius 1 is 1.26 bits per heavy atom. The molecule has 3 aromatic rings. The molecule has 0 bridgehead atoms. The Bertz CT molecular complexity index is 1230. The SMILES string of the molecule is O=C(COc1cccc(Cl)c1Cl)Nc1ccc2oc(C3=CCC(C(=O)O)C=C3)nc2c1. The van der Waals surface area contributed by atoms with Crippen LogP contribution in [0.3, 0.4) is 0 Å². The monoisotopic (exact) mass is 458 g/mol. The highest BCUT2D eigenvalue weighted by Gasteiger charge is 2.19. The Morgan fingerprint density at radius 3 is 2.84 bits per heavy atom. The first-order chi connectivity index (χ1) is 14.9. The molecule has 1 amide bonds. The van der Waals surface area contributed by atoms with Gasteiger partial charge in [-0.25, -0.2) is 4.98 Å². The van der Waals surface area contributed by atoms with Crippen molar-refractivity contribution in [1.82, 2.24) is 4.98 Å². The van der Waals surface area contributed by atoms with Gasteiger partial charge in [0.25, 0.3) is 5.91 Å². The molecule has 2 aromatic carbocycles. The molecule has 9 heteroatoms. The van der Waals surface area contributed by atoms with Gasteiger partial charge in [0.05, 0.1) is 10.9 Å². The van der Waals surface area contributed by atoms with Crippen molar-refractivity contribution in [2.24, 2.45) is 5.92 Å². The van der Waals surface area contributed by atoms with E-state index in [9.17, 15) is 9.59 Å². The fourth-order valence-corrected chi connectivity index (χ4v) is 3.37. The third kappa shape index (κ3) is 4.73. The van der Waals surface area contributed by atoms with Crippen molar-refractivity contribution in [3.63, 3.8) is 0 Å². The lowest BCUT2D eigenvalue weighted by atomic mass is 9.97. The number of carbonyl (C=O) groups is 2. The van der Waals surface area contributed by atoms with E-state index in [2.05, 4.69) is 10.3 Å². The number of aromatic nitrogens is 1. The smallest absolute Gasteiger partial charge is 0.310 e. The third-order valence-electron chi connectivity index (χ3n) is 4.61. The molecule has 0 fully saturated rings. The standard InChI is InChI=1S/C22H16Cl2N2O5/c23-15-2-1-3-18(20(15)24)30-11-19(27)25-14-8-9-17-16(10-14)26-21(31-17)12-4-6-13(7-5-12)22(28)29/h1-6,8-10,13H,7,11H2,(H,25,27)(H,28,29). The van der Waals surface area contributed by atoms with E-state index in [1.807, 2.05) is 0 Å². The number of nitrogens with zero attached hydrogens (tertiary/aromatic N) is 1. The summed E-state index contributed by atoms with van der Waals surface area (Å²) in [6, 6.07) is 9.99. The molecule has 1 aliphatic rings. The fourth-order valence-electron chi connectivity index (χ4n) is 3.03. The average molecular weight is 459 g/mol. The van der Waals surface area contributed by atoms with Crippen molar-refractivity contribution in [3.8, 4) is 5.75 Å². The number of rotatable bonds is 6. The lowest BCUT2D eigenvalue weighted by molar-refractivity contribution is -0.140. The van der Waals surface area contributed by atoms with Crippen LogP contribution in [0.1, 0.15) is 12.3 Å². The lowest BCUT2D eigenvalue weighted by Crippen LogP contribution is -2.20. The van der Waals surface area contributed by atoms with Gasteiger partial charge >= 0.3 is 5.97 Å². The second-order valence-electron chi connectivity index (χ2n) is 6.79. The summed E-state index contributed by atoms with van der Waals surface area (Å²) < 4.78 is 11.2. The first-order valence-corrected chi connectivity index (χ1v) is 10.0. The van der Waals surface area contributed by atoms with Gasteiger partial charge in [-0.15, -0.1) is 0 Å². The molecule has 1 atom stereocenters. The quantitative estimate of drug-likeness (QED) is 0.526. The minimum atomic E-state index is -0.869. The summed E-state index contributed by atoms with van der Waals surface area (Å²) in [4.78, 5) is 27.7. The summed E-state index contributed by atoms with van der Waals surface area (Å²) in [6.07, 6.45) is 5.46. The maximum absolute atomic E-state index is 12.2. The fraction of sp³-hybridized carbons (Fsp3) is 0.136. The summed E-state index contributed by atoms with van der Waals surface area (Å²) in [6.45, 7) is -0.245. The predicted molar refractivity (Wildman–Crippen MR) is 117 cm³/mol. The van der Waals surface area contributed by atoms with Gasteiger partial charge in [-0.2, -0.15) is 0 Å². The number of hydrogen-bond acceptors (Lipinski definition) is 5. The molecular formula is C22H16Cl2N2O5. The molecule has 0 radical (unpaired) electrons. The van der Waals surface area contributed by atoms with Crippen LogP contribution in [0.5, 0.6) is 5.75 Å². The molecule has 1 heterocycles. The number of halogens is 2. The Morgan fingerprint density at radius 2 is 2.10 bits per heavy atom. The van der Waals surface area contributed by atoms with Crippen molar-refractivity contribution < 1.29 is 23.8 Å². The van der Waals surface area contributed by atoms with Crippen LogP contribution in [0.25, 0.3) is 16.7 Å². The van der Waals surface area contributed by atoms with Gasteiger partial charge in [-0.05, 0) is 36.8 Å². The zero-order valence-corrected chi connectivity index (χ0v) is 17.5. The maximum atomic E-state index is 12.2. The lowest BCUT2D eigenvalue weighted by Gasteiger charge is -2.09. The van der Waals surface area contributed by atoms with E-state index in [1.54, 1.807) is 54.6 Å². The van der Waals surface area contributed by atoms with E-state index < -0.39 is 11.9 Å². The normalized spacial score (nSPS) is 15.5. The number of carboxylic acid groups (broad SMARTS) is 1. The molecule has 4 rings (SSSR count). The number of ether oxygens (including phenoxy) is 1. The Labute approximate surface area is 186 Å². The molecule has 0 spiro atoms. The van der Waals surface area contributed by atoms with Crippen LogP contribution in [0, 0.1) is 5.92 Å². The van der Waals surface area contributed by atoms with E-state index in [4.69, 9.17) is 37.5 Å². The number of nitrogens with one attached hydrogen (secondary N) is 1. The van der Waals surface area contributed by atoms with E-state index in [-0.39, 0.29) is 17.5 Å². The number of hydrogen-bond donors (Lipinski definition) is 2. The van der Waals surface area contributed by atoms with Crippen molar-refractivity contribution in [2.75, 3.05) is 11.9 Å². The maximum Gasteiger partial charge on any atom is 0.310 e. The molecule has 1 aromatic heterocycles. The second-order valence-corrected chi connectivity index (χ2v) is 7.57. The van der Waals surface area contributed by atoms with Gasteiger partial charge in [-0.1, -0.05) is 47.5 Å². The first kappa shape index (κ1) is 21.0. The van der Waals surface area contributed by atoms with Crippen LogP contribution >= 0.6 is 23.2 Å². The van der Waals surface area contributed by atoms with Gasteiger partial charge in [-0.3, -0.25) is 9.59 Å². The first-order valence-electron chi connectivity index (χ1n) is 9.29. The Balaban J connectivity index is 1.42. The minimum Gasteiger partial charge on any atom is -0.482 e.